The molecule has 1 aromatic heterocycles. The zero-order valence-electron chi connectivity index (χ0n) is 12.2. The molecule has 1 aromatic carbocycles. The summed E-state index contributed by atoms with van der Waals surface area (Å²) in [5.74, 6) is 1.70. The molecule has 1 aliphatic heterocycles. The standard InChI is InChI=1S/C18H22N2/c1-19-9-6-14-16(20-7-2-3-8-20)11-15-12-4-5-13(10-12)17(15)18(14)19/h6,9,11-13H,2-5,7-8,10H2,1H3/t12-,13+/m0/s1. The van der Waals surface area contributed by atoms with Crippen LogP contribution in [0.3, 0.4) is 0 Å². The Hall–Kier alpha value is -1.44. The van der Waals surface area contributed by atoms with Crippen molar-refractivity contribution < 1.29 is 0 Å². The highest BCUT2D eigenvalue weighted by atomic mass is 15.1. The molecule has 5 rings (SSSR count). The van der Waals surface area contributed by atoms with Crippen molar-refractivity contribution in [1.82, 2.24) is 4.57 Å². The van der Waals surface area contributed by atoms with E-state index in [0.29, 0.717) is 0 Å². The summed E-state index contributed by atoms with van der Waals surface area (Å²) in [6.45, 7) is 2.49. The van der Waals surface area contributed by atoms with Crippen LogP contribution < -0.4 is 4.90 Å². The zero-order valence-corrected chi connectivity index (χ0v) is 12.2. The van der Waals surface area contributed by atoms with Gasteiger partial charge in [0.25, 0.3) is 0 Å². The maximum Gasteiger partial charge on any atom is 0.0536 e. The van der Waals surface area contributed by atoms with Crippen LogP contribution in [0.4, 0.5) is 5.69 Å². The van der Waals surface area contributed by atoms with E-state index in [4.69, 9.17) is 0 Å². The smallest absolute Gasteiger partial charge is 0.0536 e. The lowest BCUT2D eigenvalue weighted by Gasteiger charge is -2.24. The Morgan fingerprint density at radius 2 is 1.90 bits per heavy atom. The minimum atomic E-state index is 0.846. The number of aryl methyl sites for hydroxylation is 1. The minimum Gasteiger partial charge on any atom is -0.371 e. The zero-order chi connectivity index (χ0) is 13.3. The van der Waals surface area contributed by atoms with E-state index < -0.39 is 0 Å². The van der Waals surface area contributed by atoms with Crippen LogP contribution in [0.5, 0.6) is 0 Å². The molecule has 2 aliphatic carbocycles. The Morgan fingerprint density at radius 3 is 2.75 bits per heavy atom. The van der Waals surface area contributed by atoms with Crippen LogP contribution in [0, 0.1) is 0 Å². The molecule has 0 N–H and O–H groups in total. The van der Waals surface area contributed by atoms with Gasteiger partial charge in [-0.3, -0.25) is 0 Å². The largest absolute Gasteiger partial charge is 0.371 e. The fourth-order valence-corrected chi connectivity index (χ4v) is 5.02. The normalized spacial score (nSPS) is 27.8. The van der Waals surface area contributed by atoms with Crippen molar-refractivity contribution in [2.75, 3.05) is 18.0 Å². The fourth-order valence-electron chi connectivity index (χ4n) is 5.02. The summed E-state index contributed by atoms with van der Waals surface area (Å²) in [4.78, 5) is 2.62. The van der Waals surface area contributed by atoms with Crippen LogP contribution in [0.2, 0.25) is 0 Å². The third-order valence-corrected chi connectivity index (χ3v) is 5.93. The van der Waals surface area contributed by atoms with Crippen LogP contribution in [0.1, 0.15) is 55.1 Å². The molecule has 0 radical (unpaired) electrons. The van der Waals surface area contributed by atoms with Gasteiger partial charge in [0.05, 0.1) is 5.52 Å². The summed E-state index contributed by atoms with van der Waals surface area (Å²) < 4.78 is 2.37. The molecule has 2 bridgehead atoms. The molecule has 2 fully saturated rings. The number of anilines is 1. The molecule has 1 saturated carbocycles. The molecule has 104 valence electrons. The number of hydrogen-bond donors (Lipinski definition) is 0. The molecule has 20 heavy (non-hydrogen) atoms. The van der Waals surface area contributed by atoms with Gasteiger partial charge in [0.2, 0.25) is 0 Å². The first-order valence-corrected chi connectivity index (χ1v) is 8.19. The van der Waals surface area contributed by atoms with Gasteiger partial charge in [-0.25, -0.2) is 0 Å². The van der Waals surface area contributed by atoms with Gasteiger partial charge in [0, 0.05) is 37.4 Å². The summed E-state index contributed by atoms with van der Waals surface area (Å²) in [7, 11) is 2.22. The van der Waals surface area contributed by atoms with Crippen LogP contribution in [0.15, 0.2) is 18.3 Å². The van der Waals surface area contributed by atoms with Crippen molar-refractivity contribution in [2.45, 2.75) is 43.9 Å². The molecule has 0 spiro atoms. The molecule has 0 amide bonds. The first-order valence-electron chi connectivity index (χ1n) is 8.19. The molecule has 2 aromatic rings. The van der Waals surface area contributed by atoms with Crippen molar-refractivity contribution in [3.05, 3.63) is 29.5 Å². The Balaban J connectivity index is 1.82. The molecular formula is C18H22N2. The average molecular weight is 266 g/mol. The highest BCUT2D eigenvalue weighted by Crippen LogP contribution is 2.56. The fraction of sp³-hybridized carbons (Fsp3) is 0.556. The Labute approximate surface area is 120 Å². The Kier molecular flexibility index (Phi) is 2.14. The Morgan fingerprint density at radius 1 is 1.10 bits per heavy atom. The van der Waals surface area contributed by atoms with E-state index in [2.05, 4.69) is 34.8 Å². The summed E-state index contributed by atoms with van der Waals surface area (Å²) in [5, 5.41) is 1.50. The Bertz CT molecular complexity index is 691. The van der Waals surface area contributed by atoms with Crippen LogP contribution in [-0.2, 0) is 7.05 Å². The van der Waals surface area contributed by atoms with E-state index >= 15 is 0 Å². The van der Waals surface area contributed by atoms with E-state index in [1.165, 1.54) is 61.8 Å². The number of rotatable bonds is 1. The van der Waals surface area contributed by atoms with Crippen molar-refractivity contribution in [3.63, 3.8) is 0 Å². The molecule has 2 heterocycles. The number of benzene rings is 1. The first-order chi connectivity index (χ1) is 9.83. The van der Waals surface area contributed by atoms with Gasteiger partial charge < -0.3 is 9.47 Å². The molecular weight excluding hydrogens is 244 g/mol. The molecule has 1 saturated heterocycles. The van der Waals surface area contributed by atoms with Gasteiger partial charge in [-0.05, 0) is 67.2 Å². The monoisotopic (exact) mass is 266 g/mol. The highest BCUT2D eigenvalue weighted by molar-refractivity contribution is 5.97. The van der Waals surface area contributed by atoms with Crippen LogP contribution >= 0.6 is 0 Å². The lowest BCUT2D eigenvalue weighted by Crippen LogP contribution is -2.18. The highest BCUT2D eigenvalue weighted by Gasteiger charge is 2.39. The van der Waals surface area contributed by atoms with Crippen LogP contribution in [-0.4, -0.2) is 17.7 Å². The summed E-state index contributed by atoms with van der Waals surface area (Å²) in [5.41, 5.74) is 6.45. The van der Waals surface area contributed by atoms with Crippen molar-refractivity contribution >= 4 is 16.6 Å². The second kappa shape index (κ2) is 3.81. The van der Waals surface area contributed by atoms with Gasteiger partial charge in [0.15, 0.2) is 0 Å². The third kappa shape index (κ3) is 1.30. The van der Waals surface area contributed by atoms with Crippen LogP contribution in [0.25, 0.3) is 10.9 Å². The quantitative estimate of drug-likeness (QED) is 0.753. The predicted octanol–water partition coefficient (Wildman–Crippen LogP) is 4.14. The van der Waals surface area contributed by atoms with E-state index in [9.17, 15) is 0 Å². The number of aromatic nitrogens is 1. The number of fused-ring (bicyclic) bond motifs is 7. The average Bonchev–Trinajstić information content (AvgIpc) is 3.22. The van der Waals surface area contributed by atoms with Gasteiger partial charge in [-0.1, -0.05) is 0 Å². The van der Waals surface area contributed by atoms with E-state index in [1.54, 1.807) is 11.1 Å². The summed E-state index contributed by atoms with van der Waals surface area (Å²) in [6, 6.07) is 4.90. The maximum atomic E-state index is 2.62. The molecule has 3 aliphatic rings. The number of nitrogens with zero attached hydrogens (tertiary/aromatic N) is 2. The summed E-state index contributed by atoms with van der Waals surface area (Å²) >= 11 is 0. The van der Waals surface area contributed by atoms with Crippen molar-refractivity contribution in [2.24, 2.45) is 7.05 Å². The second-order valence-corrected chi connectivity index (χ2v) is 6.99. The lowest BCUT2D eigenvalue weighted by atomic mass is 9.89. The van der Waals surface area contributed by atoms with Gasteiger partial charge in [0.1, 0.15) is 0 Å². The minimum absolute atomic E-state index is 0.846. The topological polar surface area (TPSA) is 8.17 Å². The molecule has 2 atom stereocenters. The lowest BCUT2D eigenvalue weighted by molar-refractivity contribution is 0.717. The molecule has 2 nitrogen and oxygen atoms in total. The van der Waals surface area contributed by atoms with Crippen molar-refractivity contribution in [1.29, 1.82) is 0 Å². The van der Waals surface area contributed by atoms with E-state index in [0.717, 1.165) is 11.8 Å². The molecule has 0 unspecified atom stereocenters. The maximum absolute atomic E-state index is 2.62. The summed E-state index contributed by atoms with van der Waals surface area (Å²) in [6.07, 6.45) is 9.23. The predicted molar refractivity (Wildman–Crippen MR) is 83.7 cm³/mol. The van der Waals surface area contributed by atoms with Gasteiger partial charge in [-0.15, -0.1) is 0 Å². The first kappa shape index (κ1) is 11.2. The SMILES string of the molecule is Cn1ccc2c(N3CCCC3)cc3c(c21)[C@@H]1CC[C@H]3C1. The second-order valence-electron chi connectivity index (χ2n) is 6.99. The third-order valence-electron chi connectivity index (χ3n) is 5.93. The van der Waals surface area contributed by atoms with E-state index in [1.807, 2.05) is 0 Å². The van der Waals surface area contributed by atoms with Crippen molar-refractivity contribution in [3.8, 4) is 0 Å². The van der Waals surface area contributed by atoms with Gasteiger partial charge >= 0.3 is 0 Å². The number of hydrogen-bond acceptors (Lipinski definition) is 1. The molecule has 2 heteroatoms. The van der Waals surface area contributed by atoms with Gasteiger partial charge in [-0.2, -0.15) is 0 Å². The van der Waals surface area contributed by atoms with E-state index in [-0.39, 0.29) is 0 Å².